The monoisotopic (exact) mass is 316 g/mol. The summed E-state index contributed by atoms with van der Waals surface area (Å²) in [7, 11) is 0. The van der Waals surface area contributed by atoms with Gasteiger partial charge in [-0.3, -0.25) is 4.79 Å². The van der Waals surface area contributed by atoms with Gasteiger partial charge >= 0.3 is 17.9 Å². The molecular weight excluding hydrogens is 307 g/mol. The van der Waals surface area contributed by atoms with Crippen LogP contribution in [0.15, 0.2) is 6.20 Å². The van der Waals surface area contributed by atoms with Gasteiger partial charge in [0.25, 0.3) is 5.91 Å². The first-order valence-corrected chi connectivity index (χ1v) is 5.33. The fraction of sp³-hybridized carbons (Fsp3) is 0.556. The lowest BCUT2D eigenvalue weighted by Crippen LogP contribution is -2.47. The third-order valence-corrected chi connectivity index (χ3v) is 2.45. The number of amides is 1. The van der Waals surface area contributed by atoms with Gasteiger partial charge in [-0.1, -0.05) is 0 Å². The van der Waals surface area contributed by atoms with Crippen molar-refractivity contribution in [3.8, 4) is 0 Å². The molecule has 0 bridgehead atoms. The van der Waals surface area contributed by atoms with Crippen molar-refractivity contribution in [1.29, 1.82) is 0 Å². The number of imidazole rings is 1. The van der Waals surface area contributed by atoms with Crippen molar-refractivity contribution in [2.75, 3.05) is 6.54 Å². The first-order valence-electron chi connectivity index (χ1n) is 5.33. The zero-order chi connectivity index (χ0) is 16.4. The quantitative estimate of drug-likeness (QED) is 0.505. The normalized spacial score (nSPS) is 12.3. The van der Waals surface area contributed by atoms with Crippen molar-refractivity contribution in [2.45, 2.75) is 25.6 Å². The maximum atomic E-state index is 12.6. The summed E-state index contributed by atoms with van der Waals surface area (Å²) in [6, 6.07) is 0. The standard InChI is InChI=1S/C9H9F5N4O3/c1-5-15-2-7(18(20)21)17(5)3-6(19)16-4-8(10,11)9(12,13)14/h2H,3-4H2,1H3,(H,16,19). The molecule has 1 aromatic heterocycles. The molecule has 0 aliphatic rings. The van der Waals surface area contributed by atoms with Gasteiger partial charge < -0.3 is 15.4 Å². The summed E-state index contributed by atoms with van der Waals surface area (Å²) in [6.07, 6.45) is -4.95. The van der Waals surface area contributed by atoms with Gasteiger partial charge in [-0.15, -0.1) is 0 Å². The maximum Gasteiger partial charge on any atom is 0.455 e. The number of carbonyl (C=O) groups is 1. The van der Waals surface area contributed by atoms with E-state index in [0.717, 1.165) is 10.8 Å². The van der Waals surface area contributed by atoms with Crippen molar-refractivity contribution in [3.05, 3.63) is 22.1 Å². The number of halogens is 5. The van der Waals surface area contributed by atoms with Crippen molar-refractivity contribution < 1.29 is 31.7 Å². The molecule has 0 saturated carbocycles. The van der Waals surface area contributed by atoms with E-state index in [1.165, 1.54) is 12.2 Å². The molecule has 0 fully saturated rings. The molecule has 0 unspecified atom stereocenters. The average Bonchev–Trinajstić information content (AvgIpc) is 2.67. The Bertz CT molecular complexity index is 554. The molecule has 0 atom stereocenters. The smallest absolute Gasteiger partial charge is 0.358 e. The van der Waals surface area contributed by atoms with E-state index < -0.39 is 41.8 Å². The molecule has 0 spiro atoms. The highest BCUT2D eigenvalue weighted by Gasteiger charge is 2.57. The third kappa shape index (κ3) is 3.86. The molecule has 0 aliphatic heterocycles. The molecule has 1 aromatic rings. The lowest BCUT2D eigenvalue weighted by atomic mass is 10.3. The molecule has 12 heteroatoms. The number of nitrogens with zero attached hydrogens (tertiary/aromatic N) is 3. The van der Waals surface area contributed by atoms with Crippen LogP contribution in [0.1, 0.15) is 5.82 Å². The molecule has 1 N–H and O–H groups in total. The van der Waals surface area contributed by atoms with Crippen LogP contribution in [0.3, 0.4) is 0 Å². The molecule has 118 valence electrons. The van der Waals surface area contributed by atoms with Crippen LogP contribution < -0.4 is 5.32 Å². The SMILES string of the molecule is Cc1ncc([N+](=O)[O-])n1CC(=O)NCC(F)(F)C(F)(F)F. The predicted molar refractivity (Wildman–Crippen MR) is 57.6 cm³/mol. The van der Waals surface area contributed by atoms with E-state index in [1.54, 1.807) is 0 Å². The predicted octanol–water partition coefficient (Wildman–Crippen LogP) is 1.41. The molecule has 1 amide bonds. The number of nitro groups is 1. The van der Waals surface area contributed by atoms with Crippen LogP contribution in [0.25, 0.3) is 0 Å². The first kappa shape index (κ1) is 16.8. The van der Waals surface area contributed by atoms with Crippen molar-refractivity contribution >= 4 is 11.7 Å². The Labute approximate surface area is 113 Å². The summed E-state index contributed by atoms with van der Waals surface area (Å²) >= 11 is 0. The summed E-state index contributed by atoms with van der Waals surface area (Å²) in [5.41, 5.74) is 0. The van der Waals surface area contributed by atoms with Gasteiger partial charge in [0.1, 0.15) is 6.20 Å². The first-order chi connectivity index (χ1) is 9.45. The van der Waals surface area contributed by atoms with Crippen LogP contribution in [0.5, 0.6) is 0 Å². The maximum absolute atomic E-state index is 12.6. The van der Waals surface area contributed by atoms with E-state index in [2.05, 4.69) is 4.98 Å². The van der Waals surface area contributed by atoms with Crippen molar-refractivity contribution in [2.24, 2.45) is 0 Å². The molecule has 7 nitrogen and oxygen atoms in total. The minimum Gasteiger partial charge on any atom is -0.358 e. The summed E-state index contributed by atoms with van der Waals surface area (Å²) in [5.74, 6) is -6.86. The van der Waals surface area contributed by atoms with Gasteiger partial charge in [0.15, 0.2) is 12.4 Å². The lowest BCUT2D eigenvalue weighted by Gasteiger charge is -2.19. The third-order valence-electron chi connectivity index (χ3n) is 2.45. The Hall–Kier alpha value is -2.27. The van der Waals surface area contributed by atoms with Crippen LogP contribution >= 0.6 is 0 Å². The topological polar surface area (TPSA) is 90.1 Å². The molecule has 21 heavy (non-hydrogen) atoms. The van der Waals surface area contributed by atoms with Crippen molar-refractivity contribution in [3.63, 3.8) is 0 Å². The van der Waals surface area contributed by atoms with Crippen LogP contribution in [0, 0.1) is 17.0 Å². The summed E-state index contributed by atoms with van der Waals surface area (Å²) in [5, 5.41) is 12.0. The van der Waals surface area contributed by atoms with E-state index in [-0.39, 0.29) is 5.82 Å². The minimum atomic E-state index is -5.79. The van der Waals surface area contributed by atoms with Crippen LogP contribution in [-0.4, -0.2) is 39.0 Å². The Kier molecular flexibility index (Phi) is 4.49. The molecule has 1 heterocycles. The number of hydrogen-bond donors (Lipinski definition) is 1. The number of rotatable bonds is 5. The Balaban J connectivity index is 2.72. The van der Waals surface area contributed by atoms with Crippen molar-refractivity contribution in [1.82, 2.24) is 14.9 Å². The van der Waals surface area contributed by atoms with Crippen LogP contribution in [0.2, 0.25) is 0 Å². The fourth-order valence-electron chi connectivity index (χ4n) is 1.31. The second-order valence-corrected chi connectivity index (χ2v) is 3.99. The van der Waals surface area contributed by atoms with Gasteiger partial charge in [-0.25, -0.2) is 9.55 Å². The molecular formula is C9H9F5N4O3. The number of aromatic nitrogens is 2. The highest BCUT2D eigenvalue weighted by Crippen LogP contribution is 2.34. The number of hydrogen-bond acceptors (Lipinski definition) is 4. The largest absolute Gasteiger partial charge is 0.455 e. The highest BCUT2D eigenvalue weighted by molar-refractivity contribution is 5.76. The summed E-state index contributed by atoms with van der Waals surface area (Å²) in [4.78, 5) is 24.6. The van der Waals surface area contributed by atoms with Gasteiger partial charge in [0.2, 0.25) is 0 Å². The van der Waals surface area contributed by atoms with E-state index in [0.29, 0.717) is 0 Å². The number of nitrogens with one attached hydrogen (secondary N) is 1. The minimum absolute atomic E-state index is 0.0411. The number of carbonyl (C=O) groups excluding carboxylic acids is 1. The Morgan fingerprint density at radius 3 is 2.48 bits per heavy atom. The second kappa shape index (κ2) is 5.61. The van der Waals surface area contributed by atoms with Gasteiger partial charge in [0, 0.05) is 6.92 Å². The molecule has 0 aromatic carbocycles. The molecule has 0 aliphatic carbocycles. The zero-order valence-electron chi connectivity index (χ0n) is 10.4. The number of alkyl halides is 5. The second-order valence-electron chi connectivity index (χ2n) is 3.99. The van der Waals surface area contributed by atoms with Crippen LogP contribution in [-0.2, 0) is 11.3 Å². The van der Waals surface area contributed by atoms with E-state index in [9.17, 15) is 36.9 Å². The van der Waals surface area contributed by atoms with Gasteiger partial charge in [0.05, 0.1) is 6.54 Å². The molecule has 1 rings (SSSR count). The van der Waals surface area contributed by atoms with Gasteiger partial charge in [-0.05, 0) is 4.92 Å². The summed E-state index contributed by atoms with van der Waals surface area (Å²) < 4.78 is 61.6. The summed E-state index contributed by atoms with van der Waals surface area (Å²) in [6.45, 7) is -1.43. The highest BCUT2D eigenvalue weighted by atomic mass is 19.4. The van der Waals surface area contributed by atoms with E-state index >= 15 is 0 Å². The fourth-order valence-corrected chi connectivity index (χ4v) is 1.31. The Morgan fingerprint density at radius 1 is 1.43 bits per heavy atom. The van der Waals surface area contributed by atoms with Gasteiger partial charge in [-0.2, -0.15) is 22.0 Å². The average molecular weight is 316 g/mol. The van der Waals surface area contributed by atoms with Crippen LogP contribution in [0.4, 0.5) is 27.8 Å². The molecule has 0 radical (unpaired) electrons. The lowest BCUT2D eigenvalue weighted by molar-refractivity contribution is -0.392. The zero-order valence-corrected chi connectivity index (χ0v) is 10.4. The molecule has 0 saturated heterocycles. The van der Waals surface area contributed by atoms with E-state index in [1.807, 2.05) is 0 Å². The number of aryl methyl sites for hydroxylation is 1. The Morgan fingerprint density at radius 2 is 2.00 bits per heavy atom. The van der Waals surface area contributed by atoms with E-state index in [4.69, 9.17) is 0 Å².